The van der Waals surface area contributed by atoms with Crippen LogP contribution in [0.2, 0.25) is 0 Å². The van der Waals surface area contributed by atoms with E-state index in [1.165, 1.54) is 12.1 Å². The summed E-state index contributed by atoms with van der Waals surface area (Å²) in [6.07, 6.45) is 0. The summed E-state index contributed by atoms with van der Waals surface area (Å²) in [5.74, 6) is 0.472. The SMILES string of the molecule is COc1ccc(C(Cl)c2cc(C)cc(F)c2)c(Br)c1. The Labute approximate surface area is 125 Å². The summed E-state index contributed by atoms with van der Waals surface area (Å²) in [6.45, 7) is 1.85. The van der Waals surface area contributed by atoms with Gasteiger partial charge in [-0.3, -0.25) is 0 Å². The molecule has 1 atom stereocenters. The minimum atomic E-state index is -0.408. The summed E-state index contributed by atoms with van der Waals surface area (Å²) >= 11 is 9.90. The number of methoxy groups -OCH3 is 1. The van der Waals surface area contributed by atoms with Gasteiger partial charge in [-0.1, -0.05) is 28.1 Å². The molecule has 0 amide bonds. The van der Waals surface area contributed by atoms with Gasteiger partial charge >= 0.3 is 0 Å². The van der Waals surface area contributed by atoms with E-state index in [4.69, 9.17) is 16.3 Å². The number of ether oxygens (including phenoxy) is 1. The van der Waals surface area contributed by atoms with Gasteiger partial charge in [-0.05, 0) is 47.9 Å². The molecule has 1 unspecified atom stereocenters. The lowest BCUT2D eigenvalue weighted by Gasteiger charge is -2.14. The molecule has 0 spiro atoms. The fourth-order valence-corrected chi connectivity index (χ4v) is 2.97. The summed E-state index contributed by atoms with van der Waals surface area (Å²) < 4.78 is 19.4. The summed E-state index contributed by atoms with van der Waals surface area (Å²) in [5.41, 5.74) is 2.47. The van der Waals surface area contributed by atoms with Crippen LogP contribution in [0.15, 0.2) is 40.9 Å². The molecule has 0 radical (unpaired) electrons. The molecule has 2 rings (SSSR count). The van der Waals surface area contributed by atoms with E-state index in [1.54, 1.807) is 7.11 Å². The Morgan fingerprint density at radius 3 is 2.53 bits per heavy atom. The van der Waals surface area contributed by atoms with Gasteiger partial charge in [-0.15, -0.1) is 11.6 Å². The van der Waals surface area contributed by atoms with Crippen LogP contribution < -0.4 is 4.74 Å². The number of halogens is 3. The molecule has 0 aromatic heterocycles. The first-order valence-corrected chi connectivity index (χ1v) is 6.99. The Hall–Kier alpha value is -1.06. The highest BCUT2D eigenvalue weighted by atomic mass is 79.9. The van der Waals surface area contributed by atoms with Gasteiger partial charge in [-0.25, -0.2) is 4.39 Å². The first-order valence-electron chi connectivity index (χ1n) is 5.76. The second-order valence-electron chi connectivity index (χ2n) is 4.31. The zero-order valence-electron chi connectivity index (χ0n) is 10.6. The van der Waals surface area contributed by atoms with Crippen molar-refractivity contribution in [1.29, 1.82) is 0 Å². The lowest BCUT2D eigenvalue weighted by atomic mass is 10.0. The Morgan fingerprint density at radius 1 is 1.21 bits per heavy atom. The number of hydrogen-bond acceptors (Lipinski definition) is 1. The van der Waals surface area contributed by atoms with E-state index in [-0.39, 0.29) is 5.82 Å². The van der Waals surface area contributed by atoms with Crippen molar-refractivity contribution in [2.45, 2.75) is 12.3 Å². The molecule has 2 aromatic carbocycles. The lowest BCUT2D eigenvalue weighted by molar-refractivity contribution is 0.414. The number of rotatable bonds is 3. The molecule has 0 aliphatic heterocycles. The van der Waals surface area contributed by atoms with E-state index in [0.29, 0.717) is 0 Å². The molecule has 0 fully saturated rings. The molecule has 0 aliphatic carbocycles. The Kier molecular flexibility index (Phi) is 4.48. The van der Waals surface area contributed by atoms with Crippen molar-refractivity contribution in [3.05, 3.63) is 63.4 Å². The monoisotopic (exact) mass is 342 g/mol. The molecule has 0 N–H and O–H groups in total. The van der Waals surface area contributed by atoms with E-state index in [2.05, 4.69) is 15.9 Å². The maximum Gasteiger partial charge on any atom is 0.123 e. The smallest absolute Gasteiger partial charge is 0.123 e. The van der Waals surface area contributed by atoms with E-state index in [0.717, 1.165) is 26.9 Å². The van der Waals surface area contributed by atoms with Crippen LogP contribution in [0.25, 0.3) is 0 Å². The zero-order chi connectivity index (χ0) is 14.0. The molecule has 0 heterocycles. The van der Waals surface area contributed by atoms with E-state index >= 15 is 0 Å². The normalized spacial score (nSPS) is 12.3. The average molecular weight is 344 g/mol. The van der Waals surface area contributed by atoms with Gasteiger partial charge in [0.15, 0.2) is 0 Å². The third-order valence-corrected chi connectivity index (χ3v) is 4.01. The number of benzene rings is 2. The minimum absolute atomic E-state index is 0.273. The predicted molar refractivity (Wildman–Crippen MR) is 79.5 cm³/mol. The van der Waals surface area contributed by atoms with Crippen molar-refractivity contribution in [3.63, 3.8) is 0 Å². The van der Waals surface area contributed by atoms with Gasteiger partial charge in [0.1, 0.15) is 11.6 Å². The van der Waals surface area contributed by atoms with Crippen molar-refractivity contribution in [2.24, 2.45) is 0 Å². The largest absolute Gasteiger partial charge is 0.497 e. The van der Waals surface area contributed by atoms with Gasteiger partial charge in [0.25, 0.3) is 0 Å². The van der Waals surface area contributed by atoms with Crippen LogP contribution in [-0.2, 0) is 0 Å². The van der Waals surface area contributed by atoms with Crippen molar-refractivity contribution >= 4 is 27.5 Å². The van der Waals surface area contributed by atoms with Crippen molar-refractivity contribution in [3.8, 4) is 5.75 Å². The number of hydrogen-bond donors (Lipinski definition) is 0. The molecule has 0 aliphatic rings. The topological polar surface area (TPSA) is 9.23 Å². The quantitative estimate of drug-likeness (QED) is 0.693. The number of alkyl halides is 1. The molecule has 0 bridgehead atoms. The molecule has 1 nitrogen and oxygen atoms in total. The minimum Gasteiger partial charge on any atom is -0.497 e. The lowest BCUT2D eigenvalue weighted by Crippen LogP contribution is -1.97. The maximum absolute atomic E-state index is 13.4. The van der Waals surface area contributed by atoms with Crippen LogP contribution >= 0.6 is 27.5 Å². The molecule has 0 saturated carbocycles. The molecule has 2 aromatic rings. The summed E-state index contributed by atoms with van der Waals surface area (Å²) in [4.78, 5) is 0. The van der Waals surface area contributed by atoms with E-state index < -0.39 is 5.38 Å². The van der Waals surface area contributed by atoms with Gasteiger partial charge < -0.3 is 4.74 Å². The standard InChI is InChI=1S/C15H13BrClFO/c1-9-5-10(7-11(18)6-9)15(17)13-4-3-12(19-2)8-14(13)16/h3-8,15H,1-2H3. The molecular formula is C15H13BrClFO. The Bertz CT molecular complexity index is 580. The molecule has 100 valence electrons. The first kappa shape index (κ1) is 14.4. The molecule has 4 heteroatoms. The summed E-state index contributed by atoms with van der Waals surface area (Å²) in [6, 6.07) is 10.4. The van der Waals surface area contributed by atoms with Gasteiger partial charge in [0, 0.05) is 4.47 Å². The first-order chi connectivity index (χ1) is 9.01. The fraction of sp³-hybridized carbons (Fsp3) is 0.200. The van der Waals surface area contributed by atoms with E-state index in [1.807, 2.05) is 31.2 Å². The highest BCUT2D eigenvalue weighted by Gasteiger charge is 2.15. The Morgan fingerprint density at radius 2 is 1.95 bits per heavy atom. The van der Waals surface area contributed by atoms with Gasteiger partial charge in [0.2, 0.25) is 0 Å². The second-order valence-corrected chi connectivity index (χ2v) is 5.60. The second kappa shape index (κ2) is 5.93. The number of aryl methyl sites for hydroxylation is 1. The van der Waals surface area contributed by atoms with Crippen molar-refractivity contribution in [1.82, 2.24) is 0 Å². The highest BCUT2D eigenvalue weighted by Crippen LogP contribution is 2.36. The predicted octanol–water partition coefficient (Wildman–Crippen LogP) is 5.23. The maximum atomic E-state index is 13.4. The van der Waals surface area contributed by atoms with Crippen molar-refractivity contribution < 1.29 is 9.13 Å². The van der Waals surface area contributed by atoms with Crippen LogP contribution in [0.5, 0.6) is 5.75 Å². The molecular weight excluding hydrogens is 331 g/mol. The summed E-state index contributed by atoms with van der Waals surface area (Å²) in [5, 5.41) is -0.408. The third-order valence-electron chi connectivity index (χ3n) is 2.84. The van der Waals surface area contributed by atoms with Gasteiger partial charge in [-0.2, -0.15) is 0 Å². The molecule has 19 heavy (non-hydrogen) atoms. The zero-order valence-corrected chi connectivity index (χ0v) is 12.9. The van der Waals surface area contributed by atoms with Crippen LogP contribution in [0.3, 0.4) is 0 Å². The van der Waals surface area contributed by atoms with Crippen LogP contribution in [0, 0.1) is 12.7 Å². The van der Waals surface area contributed by atoms with E-state index in [9.17, 15) is 4.39 Å². The van der Waals surface area contributed by atoms with Crippen LogP contribution in [-0.4, -0.2) is 7.11 Å². The van der Waals surface area contributed by atoms with Crippen molar-refractivity contribution in [2.75, 3.05) is 7.11 Å². The highest BCUT2D eigenvalue weighted by molar-refractivity contribution is 9.10. The van der Waals surface area contributed by atoms with Gasteiger partial charge in [0.05, 0.1) is 12.5 Å². The average Bonchev–Trinajstić information content (AvgIpc) is 2.36. The van der Waals surface area contributed by atoms with Crippen LogP contribution in [0.4, 0.5) is 4.39 Å². The Balaban J connectivity index is 2.40. The van der Waals surface area contributed by atoms with Crippen LogP contribution in [0.1, 0.15) is 22.1 Å². The fourth-order valence-electron chi connectivity index (χ4n) is 1.93. The summed E-state index contributed by atoms with van der Waals surface area (Å²) in [7, 11) is 1.61. The molecule has 0 saturated heterocycles. The third kappa shape index (κ3) is 3.28.